The summed E-state index contributed by atoms with van der Waals surface area (Å²) in [6, 6.07) is 7.46. The van der Waals surface area contributed by atoms with Crippen molar-refractivity contribution in [3.8, 4) is 0 Å². The Labute approximate surface area is 115 Å². The molecule has 0 aliphatic carbocycles. The second kappa shape index (κ2) is 6.75. The molecule has 1 heterocycles. The van der Waals surface area contributed by atoms with E-state index in [1.165, 1.54) is 4.88 Å². The summed E-state index contributed by atoms with van der Waals surface area (Å²) in [7, 11) is 0. The second-order valence-corrected chi connectivity index (χ2v) is 4.72. The zero-order valence-electron chi connectivity index (χ0n) is 10.6. The van der Waals surface area contributed by atoms with Crippen molar-refractivity contribution in [1.82, 2.24) is 4.98 Å². The number of rotatable bonds is 5. The number of carbonyl (C=O) groups excluding carboxylic acids is 1. The molecule has 0 unspecified atom stereocenters. The first-order chi connectivity index (χ1) is 9.28. The van der Waals surface area contributed by atoms with Gasteiger partial charge in [-0.2, -0.15) is 0 Å². The Morgan fingerprint density at radius 2 is 2.05 bits per heavy atom. The van der Waals surface area contributed by atoms with Crippen molar-refractivity contribution in [1.29, 1.82) is 0 Å². The molecule has 100 valence electrons. The maximum atomic E-state index is 11.2. The molecule has 0 saturated heterocycles. The van der Waals surface area contributed by atoms with Crippen LogP contribution >= 0.6 is 11.3 Å². The molecular formula is C13H15N3O2S. The number of hydrogen-bond donors (Lipinski definition) is 2. The van der Waals surface area contributed by atoms with E-state index in [1.54, 1.807) is 18.3 Å². The largest absolute Gasteiger partial charge is 0.450 e. The van der Waals surface area contributed by atoms with Gasteiger partial charge in [-0.05, 0) is 31.2 Å². The number of carbonyl (C=O) groups is 1. The van der Waals surface area contributed by atoms with Gasteiger partial charge >= 0.3 is 6.09 Å². The molecule has 0 aliphatic heterocycles. The summed E-state index contributed by atoms with van der Waals surface area (Å²) in [5.41, 5.74) is 3.51. The molecule has 1 aromatic carbocycles. The molecule has 1 aromatic heterocycles. The van der Waals surface area contributed by atoms with Crippen LogP contribution in [0.15, 0.2) is 36.0 Å². The van der Waals surface area contributed by atoms with Crippen LogP contribution in [0.3, 0.4) is 0 Å². The third-order valence-corrected chi connectivity index (χ3v) is 3.14. The highest BCUT2D eigenvalue weighted by Gasteiger charge is 2.01. The SMILES string of the molecule is CCOC(=O)Nc1ccc(NCc2cncs2)cc1. The van der Waals surface area contributed by atoms with Gasteiger partial charge in [0.15, 0.2) is 0 Å². The third kappa shape index (κ3) is 4.26. The van der Waals surface area contributed by atoms with Crippen LogP contribution in [-0.2, 0) is 11.3 Å². The lowest BCUT2D eigenvalue weighted by molar-refractivity contribution is 0.168. The summed E-state index contributed by atoms with van der Waals surface area (Å²) in [5.74, 6) is 0. The van der Waals surface area contributed by atoms with Crippen LogP contribution in [0.4, 0.5) is 16.2 Å². The number of hydrogen-bond acceptors (Lipinski definition) is 5. The molecule has 0 aliphatic rings. The van der Waals surface area contributed by atoms with Gasteiger partial charge in [0.2, 0.25) is 0 Å². The van der Waals surface area contributed by atoms with E-state index in [0.717, 1.165) is 12.2 Å². The quantitative estimate of drug-likeness (QED) is 0.880. The van der Waals surface area contributed by atoms with Gasteiger partial charge in [-0.3, -0.25) is 10.3 Å². The Bertz CT molecular complexity index is 511. The predicted octanol–water partition coefficient (Wildman–Crippen LogP) is 3.32. The predicted molar refractivity (Wildman–Crippen MR) is 76.5 cm³/mol. The monoisotopic (exact) mass is 277 g/mol. The van der Waals surface area contributed by atoms with Crippen LogP contribution in [-0.4, -0.2) is 17.7 Å². The molecule has 1 amide bonds. The number of aromatic nitrogens is 1. The molecule has 0 saturated carbocycles. The number of nitrogens with zero attached hydrogens (tertiary/aromatic N) is 1. The number of ether oxygens (including phenoxy) is 1. The van der Waals surface area contributed by atoms with Gasteiger partial charge < -0.3 is 10.1 Å². The van der Waals surface area contributed by atoms with Crippen LogP contribution in [0.5, 0.6) is 0 Å². The molecule has 6 heteroatoms. The Morgan fingerprint density at radius 1 is 1.32 bits per heavy atom. The van der Waals surface area contributed by atoms with Gasteiger partial charge in [-0.25, -0.2) is 4.79 Å². The van der Waals surface area contributed by atoms with E-state index in [0.29, 0.717) is 12.3 Å². The molecule has 5 nitrogen and oxygen atoms in total. The van der Waals surface area contributed by atoms with Crippen molar-refractivity contribution in [2.45, 2.75) is 13.5 Å². The van der Waals surface area contributed by atoms with Gasteiger partial charge in [-0.15, -0.1) is 11.3 Å². The molecule has 0 bridgehead atoms. The first kappa shape index (κ1) is 13.4. The van der Waals surface area contributed by atoms with E-state index in [-0.39, 0.29) is 0 Å². The van der Waals surface area contributed by atoms with Crippen LogP contribution in [0, 0.1) is 0 Å². The summed E-state index contributed by atoms with van der Waals surface area (Å²) >= 11 is 1.61. The fourth-order valence-corrected chi connectivity index (χ4v) is 2.01. The summed E-state index contributed by atoms with van der Waals surface area (Å²) in [6.07, 6.45) is 1.40. The van der Waals surface area contributed by atoms with E-state index in [9.17, 15) is 4.79 Å². The van der Waals surface area contributed by atoms with E-state index >= 15 is 0 Å². The molecule has 19 heavy (non-hydrogen) atoms. The minimum absolute atomic E-state index is 0.361. The summed E-state index contributed by atoms with van der Waals surface area (Å²) in [4.78, 5) is 16.4. The summed E-state index contributed by atoms with van der Waals surface area (Å²) < 4.78 is 4.80. The zero-order chi connectivity index (χ0) is 13.5. The maximum absolute atomic E-state index is 11.2. The number of anilines is 2. The molecule has 0 atom stereocenters. The number of benzene rings is 1. The maximum Gasteiger partial charge on any atom is 0.411 e. The van der Waals surface area contributed by atoms with E-state index in [1.807, 2.05) is 36.0 Å². The molecular weight excluding hydrogens is 262 g/mol. The van der Waals surface area contributed by atoms with Crippen LogP contribution in [0.1, 0.15) is 11.8 Å². The van der Waals surface area contributed by atoms with Gasteiger partial charge in [0.25, 0.3) is 0 Å². The first-order valence-corrected chi connectivity index (χ1v) is 6.81. The van der Waals surface area contributed by atoms with Crippen molar-refractivity contribution in [3.63, 3.8) is 0 Å². The molecule has 2 aromatic rings. The molecule has 0 spiro atoms. The lowest BCUT2D eigenvalue weighted by Gasteiger charge is -2.07. The minimum Gasteiger partial charge on any atom is -0.450 e. The zero-order valence-corrected chi connectivity index (χ0v) is 11.4. The van der Waals surface area contributed by atoms with Crippen molar-refractivity contribution in [2.24, 2.45) is 0 Å². The number of nitrogens with one attached hydrogen (secondary N) is 2. The van der Waals surface area contributed by atoms with Gasteiger partial charge in [0.1, 0.15) is 0 Å². The number of amides is 1. The highest BCUT2D eigenvalue weighted by atomic mass is 32.1. The first-order valence-electron chi connectivity index (χ1n) is 5.93. The fraction of sp³-hybridized carbons (Fsp3) is 0.231. The fourth-order valence-electron chi connectivity index (χ4n) is 1.48. The molecule has 0 fully saturated rings. The van der Waals surface area contributed by atoms with Crippen molar-refractivity contribution < 1.29 is 9.53 Å². The second-order valence-electron chi connectivity index (χ2n) is 3.74. The van der Waals surface area contributed by atoms with Crippen LogP contribution in [0.25, 0.3) is 0 Å². The van der Waals surface area contributed by atoms with Crippen molar-refractivity contribution >= 4 is 28.8 Å². The van der Waals surface area contributed by atoms with E-state index in [2.05, 4.69) is 15.6 Å². The Morgan fingerprint density at radius 3 is 2.68 bits per heavy atom. The lowest BCUT2D eigenvalue weighted by atomic mass is 10.3. The topological polar surface area (TPSA) is 63.2 Å². The van der Waals surface area contributed by atoms with Gasteiger partial charge in [0.05, 0.1) is 18.7 Å². The third-order valence-electron chi connectivity index (χ3n) is 2.36. The average molecular weight is 277 g/mol. The highest BCUT2D eigenvalue weighted by Crippen LogP contribution is 2.15. The van der Waals surface area contributed by atoms with Crippen molar-refractivity contribution in [2.75, 3.05) is 17.2 Å². The number of thiazole rings is 1. The Hall–Kier alpha value is -2.08. The smallest absolute Gasteiger partial charge is 0.411 e. The minimum atomic E-state index is -0.437. The van der Waals surface area contributed by atoms with Crippen LogP contribution < -0.4 is 10.6 Å². The Balaban J connectivity index is 1.85. The summed E-state index contributed by atoms with van der Waals surface area (Å²) in [6.45, 7) is 2.88. The van der Waals surface area contributed by atoms with Gasteiger partial charge in [0, 0.05) is 22.4 Å². The lowest BCUT2D eigenvalue weighted by Crippen LogP contribution is -2.13. The van der Waals surface area contributed by atoms with E-state index in [4.69, 9.17) is 4.74 Å². The average Bonchev–Trinajstić information content (AvgIpc) is 2.91. The van der Waals surface area contributed by atoms with E-state index < -0.39 is 6.09 Å². The standard InChI is InChI=1S/C13H15N3O2S/c1-2-18-13(17)16-11-5-3-10(4-6-11)15-8-12-7-14-9-19-12/h3-7,9,15H,2,8H2,1H3,(H,16,17). The van der Waals surface area contributed by atoms with Gasteiger partial charge in [-0.1, -0.05) is 0 Å². The Kier molecular flexibility index (Phi) is 4.74. The van der Waals surface area contributed by atoms with Crippen molar-refractivity contribution in [3.05, 3.63) is 40.8 Å². The van der Waals surface area contributed by atoms with Crippen LogP contribution in [0.2, 0.25) is 0 Å². The summed E-state index contributed by atoms with van der Waals surface area (Å²) in [5, 5.41) is 5.92. The highest BCUT2D eigenvalue weighted by molar-refractivity contribution is 7.09. The molecule has 2 N–H and O–H groups in total. The normalized spacial score (nSPS) is 9.95. The molecule has 2 rings (SSSR count). The molecule has 0 radical (unpaired) electrons.